The third kappa shape index (κ3) is 5.56. The Kier molecular flexibility index (Phi) is 6.44. The number of rotatable bonds is 5. The lowest BCUT2D eigenvalue weighted by Crippen LogP contribution is -2.36. The second-order valence-corrected chi connectivity index (χ2v) is 6.50. The molecule has 1 heterocycles. The standard InChI is InChI=1S/C21H25N3O3/c1-15-5-7-16(8-6-15)20(25)24-21(22-14-19-4-3-13-27-19)23-17-9-11-18(26-2)12-10-17/h5-12,19H,3-4,13-14H2,1-2H3,(H2,22,23,24,25)/t19-/m0/s1. The SMILES string of the molecule is COc1ccc(NC(=NC[C@@H]2CCCO2)NC(=O)c2ccc(C)cc2)cc1. The number of hydrogen-bond acceptors (Lipinski definition) is 4. The Labute approximate surface area is 159 Å². The largest absolute Gasteiger partial charge is 0.497 e. The Bertz CT molecular complexity index is 779. The number of carbonyl (C=O) groups excluding carboxylic acids is 1. The molecule has 0 aliphatic carbocycles. The maximum Gasteiger partial charge on any atom is 0.257 e. The fourth-order valence-corrected chi connectivity index (χ4v) is 2.79. The number of aliphatic imine (C=N–C) groups is 1. The number of benzene rings is 2. The third-order valence-electron chi connectivity index (χ3n) is 4.38. The molecule has 1 saturated heterocycles. The average molecular weight is 367 g/mol. The molecule has 27 heavy (non-hydrogen) atoms. The molecule has 3 rings (SSSR count). The summed E-state index contributed by atoms with van der Waals surface area (Å²) >= 11 is 0. The molecule has 1 amide bonds. The Hall–Kier alpha value is -2.86. The first kappa shape index (κ1) is 18.9. The Morgan fingerprint density at radius 3 is 2.56 bits per heavy atom. The summed E-state index contributed by atoms with van der Waals surface area (Å²) < 4.78 is 10.8. The van der Waals surface area contributed by atoms with Gasteiger partial charge in [0.25, 0.3) is 5.91 Å². The summed E-state index contributed by atoms with van der Waals surface area (Å²) in [6.07, 6.45) is 2.15. The van der Waals surface area contributed by atoms with Crippen molar-refractivity contribution in [3.8, 4) is 5.75 Å². The van der Waals surface area contributed by atoms with Gasteiger partial charge in [0, 0.05) is 17.9 Å². The molecule has 0 bridgehead atoms. The molecule has 1 aliphatic heterocycles. The van der Waals surface area contributed by atoms with Gasteiger partial charge in [-0.1, -0.05) is 17.7 Å². The van der Waals surface area contributed by atoms with Gasteiger partial charge >= 0.3 is 0 Å². The summed E-state index contributed by atoms with van der Waals surface area (Å²) in [4.78, 5) is 17.1. The third-order valence-corrected chi connectivity index (χ3v) is 4.38. The first-order valence-electron chi connectivity index (χ1n) is 9.09. The van der Waals surface area contributed by atoms with Crippen LogP contribution in [-0.2, 0) is 4.74 Å². The van der Waals surface area contributed by atoms with Crippen molar-refractivity contribution in [1.29, 1.82) is 0 Å². The maximum atomic E-state index is 12.6. The highest BCUT2D eigenvalue weighted by Crippen LogP contribution is 2.16. The van der Waals surface area contributed by atoms with E-state index in [9.17, 15) is 4.79 Å². The van der Waals surface area contributed by atoms with E-state index in [4.69, 9.17) is 9.47 Å². The predicted molar refractivity (Wildman–Crippen MR) is 107 cm³/mol. The summed E-state index contributed by atoms with van der Waals surface area (Å²) in [5, 5.41) is 6.04. The fraction of sp³-hybridized carbons (Fsp3) is 0.333. The lowest BCUT2D eigenvalue weighted by atomic mass is 10.1. The van der Waals surface area contributed by atoms with Gasteiger partial charge in [0.1, 0.15) is 5.75 Å². The second-order valence-electron chi connectivity index (χ2n) is 6.50. The first-order valence-corrected chi connectivity index (χ1v) is 9.09. The van der Waals surface area contributed by atoms with Crippen molar-refractivity contribution in [2.75, 3.05) is 25.6 Å². The van der Waals surface area contributed by atoms with Crippen LogP contribution in [0.2, 0.25) is 0 Å². The van der Waals surface area contributed by atoms with Crippen molar-refractivity contribution in [2.24, 2.45) is 4.99 Å². The van der Waals surface area contributed by atoms with E-state index >= 15 is 0 Å². The van der Waals surface area contributed by atoms with Crippen molar-refractivity contribution >= 4 is 17.6 Å². The smallest absolute Gasteiger partial charge is 0.257 e. The lowest BCUT2D eigenvalue weighted by molar-refractivity contribution is 0.0975. The van der Waals surface area contributed by atoms with Crippen LogP contribution in [0.5, 0.6) is 5.75 Å². The number of hydrogen-bond donors (Lipinski definition) is 2. The summed E-state index contributed by atoms with van der Waals surface area (Å²) in [7, 11) is 1.62. The topological polar surface area (TPSA) is 71.9 Å². The van der Waals surface area contributed by atoms with E-state index in [0.717, 1.165) is 36.4 Å². The molecule has 2 aromatic rings. The summed E-state index contributed by atoms with van der Waals surface area (Å²) in [5.41, 5.74) is 2.50. The average Bonchev–Trinajstić information content (AvgIpc) is 3.21. The zero-order valence-corrected chi connectivity index (χ0v) is 15.7. The lowest BCUT2D eigenvalue weighted by Gasteiger charge is -2.14. The minimum absolute atomic E-state index is 0.106. The maximum absolute atomic E-state index is 12.6. The monoisotopic (exact) mass is 367 g/mol. The molecule has 1 aliphatic rings. The first-order chi connectivity index (χ1) is 13.1. The highest BCUT2D eigenvalue weighted by Gasteiger charge is 2.16. The molecular weight excluding hydrogens is 342 g/mol. The van der Waals surface area contributed by atoms with E-state index in [2.05, 4.69) is 15.6 Å². The van der Waals surface area contributed by atoms with Crippen molar-refractivity contribution in [1.82, 2.24) is 5.32 Å². The highest BCUT2D eigenvalue weighted by atomic mass is 16.5. The quantitative estimate of drug-likeness (QED) is 0.628. The molecule has 0 saturated carbocycles. The molecule has 0 spiro atoms. The number of guanidine groups is 1. The minimum atomic E-state index is -0.206. The van der Waals surface area contributed by atoms with Gasteiger partial charge in [0.15, 0.2) is 0 Å². The fourth-order valence-electron chi connectivity index (χ4n) is 2.79. The van der Waals surface area contributed by atoms with Crippen LogP contribution in [0.3, 0.4) is 0 Å². The number of nitrogens with one attached hydrogen (secondary N) is 2. The summed E-state index contributed by atoms with van der Waals surface area (Å²) in [6, 6.07) is 14.9. The molecule has 142 valence electrons. The van der Waals surface area contributed by atoms with Gasteiger partial charge in [-0.05, 0) is 56.2 Å². The number of carbonyl (C=O) groups is 1. The van der Waals surface area contributed by atoms with Gasteiger partial charge in [-0.2, -0.15) is 0 Å². The van der Waals surface area contributed by atoms with Gasteiger partial charge in [-0.25, -0.2) is 4.99 Å². The van der Waals surface area contributed by atoms with E-state index in [1.807, 2.05) is 43.3 Å². The van der Waals surface area contributed by atoms with Crippen LogP contribution in [0.25, 0.3) is 0 Å². The van der Waals surface area contributed by atoms with Crippen LogP contribution >= 0.6 is 0 Å². The van der Waals surface area contributed by atoms with Crippen LogP contribution in [0.15, 0.2) is 53.5 Å². The molecule has 2 N–H and O–H groups in total. The number of ether oxygens (including phenoxy) is 2. The van der Waals surface area contributed by atoms with Gasteiger partial charge in [0.2, 0.25) is 5.96 Å². The zero-order chi connectivity index (χ0) is 19.1. The van der Waals surface area contributed by atoms with Crippen LogP contribution < -0.4 is 15.4 Å². The van der Waals surface area contributed by atoms with Gasteiger partial charge in [-0.15, -0.1) is 0 Å². The van der Waals surface area contributed by atoms with E-state index in [0.29, 0.717) is 18.1 Å². The van der Waals surface area contributed by atoms with Gasteiger partial charge in [0.05, 0.1) is 19.8 Å². The molecule has 6 nitrogen and oxygen atoms in total. The molecule has 0 unspecified atom stereocenters. The molecule has 1 fully saturated rings. The molecule has 6 heteroatoms. The molecule has 2 aromatic carbocycles. The predicted octanol–water partition coefficient (Wildman–Crippen LogP) is 3.38. The normalized spacial score (nSPS) is 16.8. The summed E-state index contributed by atoms with van der Waals surface area (Å²) in [6.45, 7) is 3.27. The van der Waals surface area contributed by atoms with E-state index in [1.54, 1.807) is 19.2 Å². The Morgan fingerprint density at radius 2 is 1.93 bits per heavy atom. The molecule has 0 aromatic heterocycles. The van der Waals surface area contributed by atoms with Crippen molar-refractivity contribution in [3.05, 3.63) is 59.7 Å². The number of anilines is 1. The van der Waals surface area contributed by atoms with Crippen LogP contribution in [0.4, 0.5) is 5.69 Å². The van der Waals surface area contributed by atoms with Crippen molar-refractivity contribution in [2.45, 2.75) is 25.9 Å². The van der Waals surface area contributed by atoms with Crippen LogP contribution in [0, 0.1) is 6.92 Å². The Morgan fingerprint density at radius 1 is 1.19 bits per heavy atom. The number of nitrogens with zero attached hydrogens (tertiary/aromatic N) is 1. The van der Waals surface area contributed by atoms with Crippen LogP contribution in [-0.4, -0.2) is 38.2 Å². The van der Waals surface area contributed by atoms with Crippen molar-refractivity contribution in [3.63, 3.8) is 0 Å². The molecular formula is C21H25N3O3. The Balaban J connectivity index is 1.72. The highest BCUT2D eigenvalue weighted by molar-refractivity contribution is 6.09. The minimum Gasteiger partial charge on any atom is -0.497 e. The molecule has 1 atom stereocenters. The number of amides is 1. The summed E-state index contributed by atoms with van der Waals surface area (Å²) in [5.74, 6) is 0.963. The van der Waals surface area contributed by atoms with Gasteiger partial charge < -0.3 is 14.8 Å². The van der Waals surface area contributed by atoms with E-state index in [-0.39, 0.29) is 12.0 Å². The van der Waals surface area contributed by atoms with E-state index in [1.165, 1.54) is 0 Å². The van der Waals surface area contributed by atoms with Gasteiger partial charge in [-0.3, -0.25) is 10.1 Å². The van der Waals surface area contributed by atoms with Crippen LogP contribution in [0.1, 0.15) is 28.8 Å². The second kappa shape index (κ2) is 9.19. The molecule has 0 radical (unpaired) electrons. The van der Waals surface area contributed by atoms with E-state index < -0.39 is 0 Å². The number of aryl methyl sites for hydroxylation is 1. The zero-order valence-electron chi connectivity index (χ0n) is 15.7. The number of methoxy groups -OCH3 is 1. The van der Waals surface area contributed by atoms with Crippen molar-refractivity contribution < 1.29 is 14.3 Å².